The van der Waals surface area contributed by atoms with Gasteiger partial charge in [0.15, 0.2) is 22.2 Å². The topological polar surface area (TPSA) is 108 Å². The van der Waals surface area contributed by atoms with Crippen LogP contribution in [0.4, 0.5) is 5.13 Å². The minimum atomic E-state index is -0.348. The van der Waals surface area contributed by atoms with Crippen molar-refractivity contribution >= 4 is 40.1 Å². The number of hydrogen-bond donors (Lipinski definition) is 1. The van der Waals surface area contributed by atoms with Crippen molar-refractivity contribution in [1.29, 1.82) is 0 Å². The van der Waals surface area contributed by atoms with Gasteiger partial charge in [-0.1, -0.05) is 30.0 Å². The predicted molar refractivity (Wildman–Crippen MR) is 137 cm³/mol. The van der Waals surface area contributed by atoms with Gasteiger partial charge in [-0.2, -0.15) is 0 Å². The molecular weight excluding hydrogens is 486 g/mol. The van der Waals surface area contributed by atoms with Crippen LogP contribution in [0.3, 0.4) is 0 Å². The molecule has 0 aliphatic rings. The highest BCUT2D eigenvalue weighted by atomic mass is 32.2. The Morgan fingerprint density at radius 1 is 1.31 bits per heavy atom. The van der Waals surface area contributed by atoms with Crippen LogP contribution in [0.1, 0.15) is 42.6 Å². The van der Waals surface area contributed by atoms with E-state index in [1.54, 1.807) is 18.4 Å². The highest BCUT2D eigenvalue weighted by Crippen LogP contribution is 2.28. The first-order valence-corrected chi connectivity index (χ1v) is 13.0. The van der Waals surface area contributed by atoms with E-state index >= 15 is 0 Å². The number of nitrogens with zero attached hydrogens (tertiary/aromatic N) is 4. The van der Waals surface area contributed by atoms with Gasteiger partial charge in [-0.25, -0.2) is 4.98 Å². The molecule has 35 heavy (non-hydrogen) atoms. The number of aromatic nitrogens is 4. The zero-order chi connectivity index (χ0) is 25.4. The van der Waals surface area contributed by atoms with Gasteiger partial charge in [0.05, 0.1) is 24.5 Å². The summed E-state index contributed by atoms with van der Waals surface area (Å²) in [5.41, 5.74) is 2.79. The molecular formula is C24H29N5O4S2. The maximum absolute atomic E-state index is 12.5. The summed E-state index contributed by atoms with van der Waals surface area (Å²) in [4.78, 5) is 28.3. The molecule has 1 aromatic carbocycles. The van der Waals surface area contributed by atoms with Gasteiger partial charge < -0.3 is 14.8 Å². The molecule has 0 bridgehead atoms. The molecule has 9 nitrogen and oxygen atoms in total. The molecule has 11 heteroatoms. The van der Waals surface area contributed by atoms with Crippen molar-refractivity contribution in [2.45, 2.75) is 51.9 Å². The summed E-state index contributed by atoms with van der Waals surface area (Å²) in [6, 6.07) is 5.94. The van der Waals surface area contributed by atoms with E-state index in [4.69, 9.17) is 9.47 Å². The molecule has 0 saturated carbocycles. The molecule has 0 aliphatic heterocycles. The Hall–Kier alpha value is -3.18. The number of nitrogens with one attached hydrogen (secondary N) is 1. The molecule has 0 spiro atoms. The van der Waals surface area contributed by atoms with Crippen LogP contribution in [0.2, 0.25) is 0 Å². The number of carbonyl (C=O) groups excluding carboxylic acids is 2. The molecule has 0 fully saturated rings. The fourth-order valence-electron chi connectivity index (χ4n) is 3.19. The Bertz CT molecular complexity index is 1190. The van der Waals surface area contributed by atoms with Gasteiger partial charge in [-0.15, -0.1) is 28.1 Å². The van der Waals surface area contributed by atoms with E-state index in [-0.39, 0.29) is 30.2 Å². The number of rotatable bonds is 12. The summed E-state index contributed by atoms with van der Waals surface area (Å²) in [6.07, 6.45) is 1.48. The number of benzene rings is 1. The van der Waals surface area contributed by atoms with Crippen molar-refractivity contribution in [2.75, 3.05) is 17.7 Å². The SMILES string of the molecule is C=CCn1c(SCC(=O)Nc2nc(CC(=O)OCC)cs2)nnc1C(C)Oc1cccc(C)c1C. The number of carbonyl (C=O) groups is 2. The molecule has 3 aromatic rings. The van der Waals surface area contributed by atoms with Gasteiger partial charge >= 0.3 is 5.97 Å². The number of esters is 1. The quantitative estimate of drug-likeness (QED) is 0.213. The minimum Gasteiger partial charge on any atom is -0.482 e. The van der Waals surface area contributed by atoms with Gasteiger partial charge in [0.25, 0.3) is 0 Å². The van der Waals surface area contributed by atoms with Crippen molar-refractivity contribution in [2.24, 2.45) is 0 Å². The van der Waals surface area contributed by atoms with E-state index in [0.29, 0.717) is 35.0 Å². The molecule has 0 aliphatic carbocycles. The number of thiazole rings is 1. The van der Waals surface area contributed by atoms with Crippen molar-refractivity contribution in [3.8, 4) is 5.75 Å². The van der Waals surface area contributed by atoms with Crippen LogP contribution in [0.5, 0.6) is 5.75 Å². The van der Waals surface area contributed by atoms with Crippen molar-refractivity contribution in [1.82, 2.24) is 19.7 Å². The summed E-state index contributed by atoms with van der Waals surface area (Å²) in [6.45, 7) is 12.4. The maximum Gasteiger partial charge on any atom is 0.311 e. The van der Waals surface area contributed by atoms with Crippen LogP contribution < -0.4 is 10.1 Å². The van der Waals surface area contributed by atoms with Gasteiger partial charge in [0, 0.05) is 11.9 Å². The lowest BCUT2D eigenvalue weighted by Gasteiger charge is -2.18. The average molecular weight is 516 g/mol. The third-order valence-corrected chi connectivity index (χ3v) is 6.81. The smallest absolute Gasteiger partial charge is 0.311 e. The number of allylic oxidation sites excluding steroid dienone is 1. The number of thioether (sulfide) groups is 1. The summed E-state index contributed by atoms with van der Waals surface area (Å²) < 4.78 is 13.0. The molecule has 0 saturated heterocycles. The number of anilines is 1. The first-order valence-electron chi connectivity index (χ1n) is 11.1. The van der Waals surface area contributed by atoms with E-state index in [1.165, 1.54) is 23.1 Å². The fraction of sp³-hybridized carbons (Fsp3) is 0.375. The van der Waals surface area contributed by atoms with E-state index < -0.39 is 0 Å². The zero-order valence-electron chi connectivity index (χ0n) is 20.2. The second-order valence-electron chi connectivity index (χ2n) is 7.66. The summed E-state index contributed by atoms with van der Waals surface area (Å²) in [7, 11) is 0. The van der Waals surface area contributed by atoms with Gasteiger partial charge in [0.1, 0.15) is 5.75 Å². The monoisotopic (exact) mass is 515 g/mol. The van der Waals surface area contributed by atoms with Crippen LogP contribution >= 0.6 is 23.1 Å². The second-order valence-corrected chi connectivity index (χ2v) is 9.46. The van der Waals surface area contributed by atoms with E-state index in [0.717, 1.165) is 16.9 Å². The molecule has 1 atom stereocenters. The third kappa shape index (κ3) is 7.15. The van der Waals surface area contributed by atoms with Crippen LogP contribution in [0.15, 0.2) is 41.4 Å². The normalized spacial score (nSPS) is 11.7. The molecule has 186 valence electrons. The molecule has 3 rings (SSSR count). The molecule has 2 heterocycles. The Balaban J connectivity index is 1.62. The number of ether oxygens (including phenoxy) is 2. The Morgan fingerprint density at radius 3 is 2.86 bits per heavy atom. The van der Waals surface area contributed by atoms with Crippen LogP contribution in [0, 0.1) is 13.8 Å². The van der Waals surface area contributed by atoms with Crippen LogP contribution in [-0.2, 0) is 27.3 Å². The highest BCUT2D eigenvalue weighted by molar-refractivity contribution is 7.99. The van der Waals surface area contributed by atoms with Gasteiger partial charge in [-0.3, -0.25) is 14.2 Å². The Morgan fingerprint density at radius 2 is 2.11 bits per heavy atom. The maximum atomic E-state index is 12.5. The summed E-state index contributed by atoms with van der Waals surface area (Å²) in [5.74, 6) is 0.983. The van der Waals surface area contributed by atoms with Gasteiger partial charge in [0.2, 0.25) is 5.91 Å². The summed E-state index contributed by atoms with van der Waals surface area (Å²) in [5, 5.41) is 14.1. The first kappa shape index (κ1) is 26.4. The van der Waals surface area contributed by atoms with E-state index in [2.05, 4.69) is 27.1 Å². The Labute approximate surface area is 213 Å². The van der Waals surface area contributed by atoms with Crippen molar-refractivity contribution in [3.63, 3.8) is 0 Å². The molecule has 0 radical (unpaired) electrons. The van der Waals surface area contributed by atoms with E-state index in [1.807, 2.05) is 43.5 Å². The molecule has 2 aromatic heterocycles. The average Bonchev–Trinajstić information content (AvgIpc) is 3.42. The van der Waals surface area contributed by atoms with Gasteiger partial charge in [-0.05, 0) is 44.9 Å². The zero-order valence-corrected chi connectivity index (χ0v) is 21.9. The van der Waals surface area contributed by atoms with Crippen LogP contribution in [-0.4, -0.2) is 44.0 Å². The van der Waals surface area contributed by atoms with E-state index in [9.17, 15) is 9.59 Å². The molecule has 1 N–H and O–H groups in total. The van der Waals surface area contributed by atoms with Crippen molar-refractivity contribution in [3.05, 3.63) is 58.9 Å². The lowest BCUT2D eigenvalue weighted by Crippen LogP contribution is -2.16. The Kier molecular flexibility index (Phi) is 9.44. The largest absolute Gasteiger partial charge is 0.482 e. The first-order chi connectivity index (χ1) is 16.8. The lowest BCUT2D eigenvalue weighted by atomic mass is 10.1. The lowest BCUT2D eigenvalue weighted by molar-refractivity contribution is -0.142. The van der Waals surface area contributed by atoms with Crippen LogP contribution in [0.25, 0.3) is 0 Å². The fourth-order valence-corrected chi connectivity index (χ4v) is 4.68. The number of aryl methyl sites for hydroxylation is 1. The molecule has 1 amide bonds. The van der Waals surface area contributed by atoms with Crippen molar-refractivity contribution < 1.29 is 19.1 Å². The molecule has 1 unspecified atom stereocenters. The predicted octanol–water partition coefficient (Wildman–Crippen LogP) is 4.51. The number of amides is 1. The second kappa shape index (κ2) is 12.5. The summed E-state index contributed by atoms with van der Waals surface area (Å²) >= 11 is 2.52. The number of hydrogen-bond acceptors (Lipinski definition) is 9. The standard InChI is InChI=1S/C24H29N5O4S2/c1-6-11-29-22(17(5)33-19-10-8-9-15(3)16(19)4)27-28-24(29)35-14-20(30)26-23-25-18(13-34-23)12-21(31)32-7-2/h6,8-10,13,17H,1,7,11-12,14H2,2-5H3,(H,25,26,30). The highest BCUT2D eigenvalue weighted by Gasteiger charge is 2.21. The third-order valence-electron chi connectivity index (χ3n) is 5.04. The minimum absolute atomic E-state index is 0.0741.